The largest absolute Gasteiger partial charge is 0.481 e. The van der Waals surface area contributed by atoms with E-state index in [4.69, 9.17) is 5.11 Å². The number of nitrogens with zero attached hydrogens (tertiary/aromatic N) is 2. The highest BCUT2D eigenvalue weighted by Crippen LogP contribution is 2.23. The molecule has 1 atom stereocenters. The van der Waals surface area contributed by atoms with Gasteiger partial charge in [0.15, 0.2) is 0 Å². The number of piperidine rings is 1. The van der Waals surface area contributed by atoms with E-state index in [-0.39, 0.29) is 30.0 Å². The zero-order valence-corrected chi connectivity index (χ0v) is 13.1. The first-order valence-corrected chi connectivity index (χ1v) is 7.74. The van der Waals surface area contributed by atoms with Crippen molar-refractivity contribution in [1.82, 2.24) is 15.2 Å². The Morgan fingerprint density at radius 1 is 1.35 bits per heavy atom. The maximum Gasteiger partial charge on any atom is 0.303 e. The number of carbonyl (C=O) groups excluding carboxylic acids is 2. The molecule has 23 heavy (non-hydrogen) atoms. The normalized spacial score (nSPS) is 17.6. The Morgan fingerprint density at radius 2 is 2.13 bits per heavy atom. The number of carbonyl (C=O) groups is 3. The molecule has 1 aliphatic heterocycles. The summed E-state index contributed by atoms with van der Waals surface area (Å²) in [5.74, 6) is -1.31. The Kier molecular flexibility index (Phi) is 5.67. The Bertz CT molecular complexity index is 585. The van der Waals surface area contributed by atoms with Crippen LogP contribution in [0.3, 0.4) is 0 Å². The number of aromatic nitrogens is 1. The van der Waals surface area contributed by atoms with Crippen LogP contribution in [0, 0.1) is 0 Å². The highest BCUT2D eigenvalue weighted by atomic mass is 16.4. The maximum atomic E-state index is 12.6. The lowest BCUT2D eigenvalue weighted by molar-refractivity contribution is -0.137. The van der Waals surface area contributed by atoms with Gasteiger partial charge in [0.1, 0.15) is 5.69 Å². The first-order valence-electron chi connectivity index (χ1n) is 7.74. The number of rotatable bonds is 5. The van der Waals surface area contributed by atoms with Crippen molar-refractivity contribution in [2.75, 3.05) is 13.6 Å². The van der Waals surface area contributed by atoms with E-state index in [0.717, 1.165) is 19.3 Å². The van der Waals surface area contributed by atoms with E-state index < -0.39 is 5.97 Å². The smallest absolute Gasteiger partial charge is 0.303 e. The van der Waals surface area contributed by atoms with Crippen molar-refractivity contribution in [3.63, 3.8) is 0 Å². The summed E-state index contributed by atoms with van der Waals surface area (Å²) in [4.78, 5) is 40.6. The molecule has 1 unspecified atom stereocenters. The lowest BCUT2D eigenvalue weighted by atomic mass is 9.97. The topological polar surface area (TPSA) is 99.6 Å². The first kappa shape index (κ1) is 16.9. The second-order valence-electron chi connectivity index (χ2n) is 5.59. The van der Waals surface area contributed by atoms with Crippen molar-refractivity contribution in [3.05, 3.63) is 29.6 Å². The molecule has 1 aromatic heterocycles. The number of amides is 2. The molecule has 7 heteroatoms. The number of aliphatic carboxylic acids is 1. The zero-order valence-electron chi connectivity index (χ0n) is 13.1. The monoisotopic (exact) mass is 319 g/mol. The molecule has 0 aromatic carbocycles. The van der Waals surface area contributed by atoms with Crippen molar-refractivity contribution in [3.8, 4) is 0 Å². The van der Waals surface area contributed by atoms with E-state index in [1.54, 1.807) is 11.0 Å². The van der Waals surface area contributed by atoms with Crippen LogP contribution in [0.4, 0.5) is 0 Å². The molecule has 2 heterocycles. The summed E-state index contributed by atoms with van der Waals surface area (Å²) in [5.41, 5.74) is 0.671. The zero-order chi connectivity index (χ0) is 16.8. The highest BCUT2D eigenvalue weighted by molar-refractivity contribution is 5.96. The van der Waals surface area contributed by atoms with Gasteiger partial charge in [-0.2, -0.15) is 0 Å². The van der Waals surface area contributed by atoms with Gasteiger partial charge < -0.3 is 15.3 Å². The molecule has 2 amide bonds. The van der Waals surface area contributed by atoms with Crippen molar-refractivity contribution in [2.45, 2.75) is 38.1 Å². The van der Waals surface area contributed by atoms with Gasteiger partial charge in [-0.3, -0.25) is 19.4 Å². The van der Waals surface area contributed by atoms with Crippen LogP contribution in [-0.2, 0) is 4.79 Å². The fraction of sp³-hybridized carbons (Fsp3) is 0.500. The van der Waals surface area contributed by atoms with Gasteiger partial charge in [-0.1, -0.05) is 0 Å². The molecule has 2 N–H and O–H groups in total. The lowest BCUT2D eigenvalue weighted by Crippen LogP contribution is -2.44. The molecule has 0 saturated carbocycles. The third-order valence-electron chi connectivity index (χ3n) is 4.05. The molecule has 0 bridgehead atoms. The molecule has 124 valence electrons. The van der Waals surface area contributed by atoms with Crippen molar-refractivity contribution in [2.24, 2.45) is 0 Å². The molecule has 0 radical (unpaired) electrons. The average molecular weight is 319 g/mol. The van der Waals surface area contributed by atoms with Crippen molar-refractivity contribution < 1.29 is 19.5 Å². The summed E-state index contributed by atoms with van der Waals surface area (Å²) < 4.78 is 0. The quantitative estimate of drug-likeness (QED) is 0.852. The average Bonchev–Trinajstić information content (AvgIpc) is 2.59. The fourth-order valence-electron chi connectivity index (χ4n) is 2.81. The van der Waals surface area contributed by atoms with Crippen LogP contribution < -0.4 is 5.32 Å². The predicted octanol–water partition coefficient (Wildman–Crippen LogP) is 1.30. The van der Waals surface area contributed by atoms with E-state index in [0.29, 0.717) is 18.5 Å². The van der Waals surface area contributed by atoms with Gasteiger partial charge in [0.05, 0.1) is 5.56 Å². The van der Waals surface area contributed by atoms with Gasteiger partial charge in [-0.25, -0.2) is 0 Å². The first-order chi connectivity index (χ1) is 11.0. The maximum absolute atomic E-state index is 12.6. The third kappa shape index (κ3) is 4.28. The van der Waals surface area contributed by atoms with Crippen LogP contribution in [-0.4, -0.2) is 52.4 Å². The van der Waals surface area contributed by atoms with E-state index >= 15 is 0 Å². The second kappa shape index (κ2) is 7.71. The number of likely N-dealkylation sites (tertiary alicyclic amines) is 1. The Hall–Kier alpha value is -2.44. The van der Waals surface area contributed by atoms with Crippen LogP contribution in [0.1, 0.15) is 53.0 Å². The summed E-state index contributed by atoms with van der Waals surface area (Å²) in [6.07, 6.45) is 4.66. The SMILES string of the molecule is CNC(=O)c1ccc(C(=O)N2CCCCC2CCC(=O)O)cn1. The van der Waals surface area contributed by atoms with Crippen LogP contribution in [0.15, 0.2) is 18.3 Å². The molecular weight excluding hydrogens is 298 g/mol. The van der Waals surface area contributed by atoms with Gasteiger partial charge in [0, 0.05) is 32.3 Å². The van der Waals surface area contributed by atoms with Gasteiger partial charge in [0.2, 0.25) is 0 Å². The minimum Gasteiger partial charge on any atom is -0.481 e. The van der Waals surface area contributed by atoms with E-state index in [1.807, 2.05) is 0 Å². The summed E-state index contributed by atoms with van der Waals surface area (Å²) in [7, 11) is 1.52. The molecule has 2 rings (SSSR count). The number of carboxylic acids is 1. The van der Waals surface area contributed by atoms with E-state index in [9.17, 15) is 14.4 Å². The second-order valence-corrected chi connectivity index (χ2v) is 5.59. The molecule has 0 aliphatic carbocycles. The van der Waals surface area contributed by atoms with Gasteiger partial charge in [-0.15, -0.1) is 0 Å². The highest BCUT2D eigenvalue weighted by Gasteiger charge is 2.28. The molecule has 7 nitrogen and oxygen atoms in total. The van der Waals surface area contributed by atoms with Crippen LogP contribution in [0.5, 0.6) is 0 Å². The predicted molar refractivity (Wildman–Crippen MR) is 83.2 cm³/mol. The standard InChI is InChI=1S/C16H21N3O4/c1-17-15(22)13-7-5-11(10-18-13)16(23)19-9-3-2-4-12(19)6-8-14(20)21/h5,7,10,12H,2-4,6,8-9H2,1H3,(H,17,22)(H,20,21). The number of carboxylic acid groups (broad SMARTS) is 1. The van der Waals surface area contributed by atoms with Crippen LogP contribution >= 0.6 is 0 Å². The van der Waals surface area contributed by atoms with Gasteiger partial charge in [-0.05, 0) is 37.8 Å². The Balaban J connectivity index is 2.10. The summed E-state index contributed by atoms with van der Waals surface area (Å²) >= 11 is 0. The van der Waals surface area contributed by atoms with Gasteiger partial charge in [0.25, 0.3) is 11.8 Å². The number of hydrogen-bond donors (Lipinski definition) is 2. The molecule has 1 fully saturated rings. The molecular formula is C16H21N3O4. The Labute approximate surface area is 134 Å². The molecule has 0 spiro atoms. The van der Waals surface area contributed by atoms with Crippen molar-refractivity contribution in [1.29, 1.82) is 0 Å². The lowest BCUT2D eigenvalue weighted by Gasteiger charge is -2.35. The minimum absolute atomic E-state index is 0.0500. The third-order valence-corrected chi connectivity index (χ3v) is 4.05. The molecule has 1 saturated heterocycles. The van der Waals surface area contributed by atoms with Crippen molar-refractivity contribution >= 4 is 17.8 Å². The number of nitrogens with one attached hydrogen (secondary N) is 1. The van der Waals surface area contributed by atoms with Crippen LogP contribution in [0.2, 0.25) is 0 Å². The summed E-state index contributed by atoms with van der Waals surface area (Å²) in [5, 5.41) is 11.3. The molecule has 1 aromatic rings. The summed E-state index contributed by atoms with van der Waals surface area (Å²) in [6.45, 7) is 0.625. The summed E-state index contributed by atoms with van der Waals surface area (Å²) in [6, 6.07) is 3.05. The minimum atomic E-state index is -0.848. The molecule has 1 aliphatic rings. The number of pyridine rings is 1. The fourth-order valence-corrected chi connectivity index (χ4v) is 2.81. The van der Waals surface area contributed by atoms with E-state index in [2.05, 4.69) is 10.3 Å². The number of hydrogen-bond acceptors (Lipinski definition) is 4. The van der Waals surface area contributed by atoms with Crippen LogP contribution in [0.25, 0.3) is 0 Å². The van der Waals surface area contributed by atoms with E-state index in [1.165, 1.54) is 19.3 Å². The Morgan fingerprint density at radius 3 is 2.74 bits per heavy atom. The van der Waals surface area contributed by atoms with Gasteiger partial charge >= 0.3 is 5.97 Å².